The fraction of sp³-hybridized carbons (Fsp3) is 0.562. The minimum absolute atomic E-state index is 0.0191. The second-order valence-corrected chi connectivity index (χ2v) is 5.79. The average molecular weight is 275 g/mol. The third kappa shape index (κ3) is 2.89. The van der Waals surface area contributed by atoms with Crippen molar-refractivity contribution in [3.8, 4) is 0 Å². The Kier molecular flexibility index (Phi) is 4.53. The van der Waals surface area contributed by atoms with Crippen LogP contribution in [0.2, 0.25) is 0 Å². The Morgan fingerprint density at radius 3 is 2.35 bits per heavy atom. The van der Waals surface area contributed by atoms with Crippen LogP contribution < -0.4 is 0 Å². The lowest BCUT2D eigenvalue weighted by Crippen LogP contribution is -2.46. The van der Waals surface area contributed by atoms with Gasteiger partial charge in [0, 0.05) is 24.2 Å². The summed E-state index contributed by atoms with van der Waals surface area (Å²) in [7, 11) is 0. The second-order valence-electron chi connectivity index (χ2n) is 5.79. The number of hydrogen-bond acceptors (Lipinski definition) is 3. The summed E-state index contributed by atoms with van der Waals surface area (Å²) in [6.45, 7) is 1.52. The highest BCUT2D eigenvalue weighted by Gasteiger charge is 2.51. The van der Waals surface area contributed by atoms with Crippen molar-refractivity contribution in [2.24, 2.45) is 0 Å². The molecule has 20 heavy (non-hydrogen) atoms. The molecule has 0 saturated heterocycles. The zero-order chi connectivity index (χ0) is 14.6. The molecule has 1 atom stereocenters. The van der Waals surface area contributed by atoms with Crippen LogP contribution in [0.25, 0.3) is 0 Å². The van der Waals surface area contributed by atoms with Gasteiger partial charge in [0.05, 0.1) is 5.92 Å². The van der Waals surface area contributed by atoms with E-state index in [1.165, 1.54) is 6.92 Å². The predicted molar refractivity (Wildman–Crippen MR) is 77.3 cm³/mol. The number of carbonyl (C=O) groups excluding carboxylic acids is 1. The van der Waals surface area contributed by atoms with Gasteiger partial charge in [0.1, 0.15) is 5.78 Å². The zero-order valence-corrected chi connectivity index (χ0v) is 11.9. The Balaban J connectivity index is 2.42. The Labute approximate surface area is 119 Å². The summed E-state index contributed by atoms with van der Waals surface area (Å²) >= 11 is 0. The van der Waals surface area contributed by atoms with Gasteiger partial charge in [-0.25, -0.2) is 0 Å². The molecule has 2 rings (SSSR count). The predicted octanol–water partition coefficient (Wildman–Crippen LogP) is 3.73. The first-order chi connectivity index (χ1) is 9.56. The summed E-state index contributed by atoms with van der Waals surface area (Å²) in [5, 5.41) is 11.8. The minimum Gasteiger partial charge on any atom is -0.300 e. The molecular weight excluding hydrogens is 254 g/mol. The van der Waals surface area contributed by atoms with Crippen LogP contribution in [0.15, 0.2) is 30.3 Å². The van der Waals surface area contributed by atoms with Gasteiger partial charge in [-0.2, -0.15) is 0 Å². The van der Waals surface area contributed by atoms with Gasteiger partial charge in [0.2, 0.25) is 5.54 Å². The van der Waals surface area contributed by atoms with E-state index in [2.05, 4.69) is 0 Å². The smallest absolute Gasteiger partial charge is 0.229 e. The molecule has 1 aliphatic rings. The number of hydrogen-bond donors (Lipinski definition) is 0. The molecule has 0 heterocycles. The molecule has 4 heteroatoms. The van der Waals surface area contributed by atoms with Gasteiger partial charge in [0.25, 0.3) is 0 Å². The van der Waals surface area contributed by atoms with Crippen LogP contribution in [0.4, 0.5) is 0 Å². The van der Waals surface area contributed by atoms with E-state index in [9.17, 15) is 14.9 Å². The van der Waals surface area contributed by atoms with E-state index in [1.807, 2.05) is 30.3 Å². The van der Waals surface area contributed by atoms with Crippen molar-refractivity contribution in [2.45, 2.75) is 56.9 Å². The van der Waals surface area contributed by atoms with Crippen molar-refractivity contribution in [3.05, 3.63) is 46.0 Å². The van der Waals surface area contributed by atoms with Crippen molar-refractivity contribution in [2.75, 3.05) is 0 Å². The molecule has 108 valence electrons. The van der Waals surface area contributed by atoms with Crippen LogP contribution in [-0.4, -0.2) is 16.2 Å². The van der Waals surface area contributed by atoms with Gasteiger partial charge < -0.3 is 4.79 Å². The molecule has 1 saturated carbocycles. The van der Waals surface area contributed by atoms with E-state index in [0.717, 1.165) is 24.8 Å². The number of nitrogens with zero attached hydrogens (tertiary/aromatic N) is 1. The molecule has 0 aliphatic heterocycles. The van der Waals surface area contributed by atoms with Crippen LogP contribution in [0, 0.1) is 10.1 Å². The molecular formula is C16H21NO3. The zero-order valence-electron chi connectivity index (χ0n) is 11.9. The summed E-state index contributed by atoms with van der Waals surface area (Å²) in [5.41, 5.74) is -0.0491. The SMILES string of the molecule is CC(=O)C[C@@H](c1ccccc1)C1([N+](=O)[O-])CCCCC1. The van der Waals surface area contributed by atoms with Crippen molar-refractivity contribution in [1.29, 1.82) is 0 Å². The van der Waals surface area contributed by atoms with Gasteiger partial charge in [-0.15, -0.1) is 0 Å². The second kappa shape index (κ2) is 6.16. The van der Waals surface area contributed by atoms with E-state index in [0.29, 0.717) is 12.8 Å². The fourth-order valence-corrected chi connectivity index (χ4v) is 3.41. The molecule has 0 N–H and O–H groups in total. The van der Waals surface area contributed by atoms with Gasteiger partial charge in [0.15, 0.2) is 0 Å². The van der Waals surface area contributed by atoms with Crippen LogP contribution in [0.5, 0.6) is 0 Å². The molecule has 0 unspecified atom stereocenters. The van der Waals surface area contributed by atoms with Crippen molar-refractivity contribution in [3.63, 3.8) is 0 Å². The fourth-order valence-electron chi connectivity index (χ4n) is 3.41. The van der Waals surface area contributed by atoms with Crippen molar-refractivity contribution >= 4 is 5.78 Å². The maximum Gasteiger partial charge on any atom is 0.229 e. The van der Waals surface area contributed by atoms with E-state index in [4.69, 9.17) is 0 Å². The molecule has 0 aromatic heterocycles. The van der Waals surface area contributed by atoms with E-state index >= 15 is 0 Å². The van der Waals surface area contributed by atoms with Crippen LogP contribution in [0.3, 0.4) is 0 Å². The summed E-state index contributed by atoms with van der Waals surface area (Å²) in [5.74, 6) is -0.290. The highest BCUT2D eigenvalue weighted by molar-refractivity contribution is 5.76. The van der Waals surface area contributed by atoms with Crippen LogP contribution in [0.1, 0.15) is 56.9 Å². The highest BCUT2D eigenvalue weighted by atomic mass is 16.6. The largest absolute Gasteiger partial charge is 0.300 e. The Morgan fingerprint density at radius 1 is 1.25 bits per heavy atom. The van der Waals surface area contributed by atoms with Crippen molar-refractivity contribution < 1.29 is 9.72 Å². The number of carbonyl (C=O) groups is 1. The topological polar surface area (TPSA) is 60.2 Å². The maximum absolute atomic E-state index is 11.8. The maximum atomic E-state index is 11.8. The summed E-state index contributed by atoms with van der Waals surface area (Å²) in [6.07, 6.45) is 4.21. The first-order valence-corrected chi connectivity index (χ1v) is 7.25. The molecule has 1 fully saturated rings. The van der Waals surface area contributed by atoms with E-state index < -0.39 is 5.54 Å². The first-order valence-electron chi connectivity index (χ1n) is 7.25. The molecule has 0 radical (unpaired) electrons. The lowest BCUT2D eigenvalue weighted by molar-refractivity contribution is -0.580. The molecule has 0 bridgehead atoms. The van der Waals surface area contributed by atoms with E-state index in [1.54, 1.807) is 0 Å². The van der Waals surface area contributed by atoms with Crippen LogP contribution in [-0.2, 0) is 4.79 Å². The Bertz CT molecular complexity index is 478. The first kappa shape index (κ1) is 14.7. The standard InChI is InChI=1S/C16H21NO3/c1-13(18)12-15(14-8-4-2-5-9-14)16(17(19)20)10-6-3-7-11-16/h2,4-5,8-9,15H,3,6-7,10-12H2,1H3/t15-/m0/s1. The third-order valence-electron chi connectivity index (χ3n) is 4.43. The summed E-state index contributed by atoms with van der Waals surface area (Å²) in [4.78, 5) is 23.3. The van der Waals surface area contributed by atoms with Crippen molar-refractivity contribution in [1.82, 2.24) is 0 Å². The third-order valence-corrected chi connectivity index (χ3v) is 4.43. The highest BCUT2D eigenvalue weighted by Crippen LogP contribution is 2.44. The molecule has 4 nitrogen and oxygen atoms in total. The quantitative estimate of drug-likeness (QED) is 0.607. The lowest BCUT2D eigenvalue weighted by Gasteiger charge is -2.36. The van der Waals surface area contributed by atoms with Gasteiger partial charge in [-0.05, 0) is 25.3 Å². The number of rotatable bonds is 5. The molecule has 1 aliphatic carbocycles. The average Bonchev–Trinajstić information content (AvgIpc) is 2.46. The normalized spacial score (nSPS) is 19.2. The number of Topliss-reactive ketones (excluding diaryl/α,β-unsaturated/α-hetero) is 1. The Morgan fingerprint density at radius 2 is 1.85 bits per heavy atom. The monoisotopic (exact) mass is 275 g/mol. The Hall–Kier alpha value is -1.71. The summed E-state index contributed by atoms with van der Waals surface area (Å²) in [6, 6.07) is 9.49. The molecule has 1 aromatic carbocycles. The number of nitro groups is 1. The lowest BCUT2D eigenvalue weighted by atomic mass is 9.69. The molecule has 0 spiro atoms. The van der Waals surface area contributed by atoms with E-state index in [-0.39, 0.29) is 23.0 Å². The number of benzene rings is 1. The van der Waals surface area contributed by atoms with Gasteiger partial charge >= 0.3 is 0 Å². The molecule has 0 amide bonds. The summed E-state index contributed by atoms with van der Waals surface area (Å²) < 4.78 is 0. The minimum atomic E-state index is -0.967. The molecule has 1 aromatic rings. The van der Waals surface area contributed by atoms with Crippen LogP contribution >= 0.6 is 0 Å². The van der Waals surface area contributed by atoms with Gasteiger partial charge in [-0.3, -0.25) is 10.1 Å². The number of ketones is 1. The van der Waals surface area contributed by atoms with Gasteiger partial charge in [-0.1, -0.05) is 36.8 Å².